The SMILES string of the molecule is CCCC(CCO)CNC(=NCC(C)(C)NS(C)(=O)=O)NCC.I. The average Bonchev–Trinajstić information content (AvgIpc) is 2.39. The zero-order chi connectivity index (χ0) is 17.9. The number of rotatable bonds is 11. The van der Waals surface area contributed by atoms with E-state index in [0.29, 0.717) is 18.4 Å². The Labute approximate surface area is 164 Å². The summed E-state index contributed by atoms with van der Waals surface area (Å²) >= 11 is 0. The standard InChI is InChI=1S/C15H34N4O3S.HI/c1-6-8-13(9-10-20)11-17-14(16-7-2)18-12-15(3,4)19-23(5,21)22;/h13,19-20H,6-12H2,1-5H3,(H2,16,17,18);1H. The summed E-state index contributed by atoms with van der Waals surface area (Å²) in [7, 11) is -3.27. The minimum Gasteiger partial charge on any atom is -0.396 e. The van der Waals surface area contributed by atoms with Crippen LogP contribution in [0.1, 0.15) is 47.0 Å². The normalized spacial score (nSPS) is 14.0. The summed E-state index contributed by atoms with van der Waals surface area (Å²) in [5.74, 6) is 1.06. The highest BCUT2D eigenvalue weighted by atomic mass is 127. The highest BCUT2D eigenvalue weighted by molar-refractivity contribution is 14.0. The maximum absolute atomic E-state index is 11.4. The van der Waals surface area contributed by atoms with Gasteiger partial charge < -0.3 is 15.7 Å². The van der Waals surface area contributed by atoms with Crippen molar-refractivity contribution in [3.8, 4) is 0 Å². The largest absolute Gasteiger partial charge is 0.396 e. The van der Waals surface area contributed by atoms with E-state index in [4.69, 9.17) is 5.11 Å². The van der Waals surface area contributed by atoms with Crippen molar-refractivity contribution in [1.29, 1.82) is 0 Å². The number of aliphatic hydroxyl groups is 1. The third-order valence-electron chi connectivity index (χ3n) is 3.23. The van der Waals surface area contributed by atoms with Crippen molar-refractivity contribution in [3.63, 3.8) is 0 Å². The van der Waals surface area contributed by atoms with E-state index in [9.17, 15) is 8.42 Å². The summed E-state index contributed by atoms with van der Waals surface area (Å²) < 4.78 is 25.3. The summed E-state index contributed by atoms with van der Waals surface area (Å²) in [5.41, 5.74) is -0.649. The van der Waals surface area contributed by atoms with E-state index in [2.05, 4.69) is 27.3 Å². The molecule has 4 N–H and O–H groups in total. The Morgan fingerprint density at radius 1 is 1.21 bits per heavy atom. The third-order valence-corrected chi connectivity index (χ3v) is 4.15. The number of nitrogens with zero attached hydrogens (tertiary/aromatic N) is 1. The topological polar surface area (TPSA) is 103 Å². The van der Waals surface area contributed by atoms with Crippen LogP contribution < -0.4 is 15.4 Å². The molecule has 0 spiro atoms. The van der Waals surface area contributed by atoms with Gasteiger partial charge in [-0.3, -0.25) is 4.99 Å². The lowest BCUT2D eigenvalue weighted by atomic mass is 10.0. The number of hydrogen-bond donors (Lipinski definition) is 4. The van der Waals surface area contributed by atoms with Gasteiger partial charge in [0.2, 0.25) is 10.0 Å². The smallest absolute Gasteiger partial charge is 0.209 e. The van der Waals surface area contributed by atoms with Gasteiger partial charge in [0.15, 0.2) is 5.96 Å². The maximum Gasteiger partial charge on any atom is 0.209 e. The molecule has 0 bridgehead atoms. The zero-order valence-corrected chi connectivity index (χ0v) is 18.7. The molecule has 9 heteroatoms. The van der Waals surface area contributed by atoms with E-state index in [1.54, 1.807) is 13.8 Å². The fourth-order valence-electron chi connectivity index (χ4n) is 2.33. The number of nitrogens with one attached hydrogen (secondary N) is 3. The maximum atomic E-state index is 11.4. The fourth-order valence-corrected chi connectivity index (χ4v) is 3.40. The van der Waals surface area contributed by atoms with Crippen LogP contribution in [0.2, 0.25) is 0 Å². The number of aliphatic hydroxyl groups excluding tert-OH is 1. The quantitative estimate of drug-likeness (QED) is 0.204. The van der Waals surface area contributed by atoms with Gasteiger partial charge in [0.25, 0.3) is 0 Å². The van der Waals surface area contributed by atoms with E-state index in [0.717, 1.165) is 38.6 Å². The molecular formula is C15H35IN4O3S. The molecule has 0 saturated heterocycles. The second-order valence-electron chi connectivity index (χ2n) is 6.50. The number of aliphatic imine (C=N–C) groups is 1. The first-order valence-electron chi connectivity index (χ1n) is 8.25. The van der Waals surface area contributed by atoms with Crippen LogP contribution >= 0.6 is 24.0 Å². The first kappa shape index (κ1) is 26.1. The predicted molar refractivity (Wildman–Crippen MR) is 112 cm³/mol. The summed E-state index contributed by atoms with van der Waals surface area (Å²) in [4.78, 5) is 4.47. The van der Waals surface area contributed by atoms with Gasteiger partial charge in [0.05, 0.1) is 12.8 Å². The van der Waals surface area contributed by atoms with Gasteiger partial charge in [0.1, 0.15) is 0 Å². The van der Waals surface area contributed by atoms with Gasteiger partial charge >= 0.3 is 0 Å². The molecule has 0 rings (SSSR count). The monoisotopic (exact) mass is 478 g/mol. The Balaban J connectivity index is 0. The van der Waals surface area contributed by atoms with E-state index in [-0.39, 0.29) is 30.6 Å². The van der Waals surface area contributed by atoms with Gasteiger partial charge in [-0.05, 0) is 39.5 Å². The highest BCUT2D eigenvalue weighted by Crippen LogP contribution is 2.09. The van der Waals surface area contributed by atoms with Crippen molar-refractivity contribution < 1.29 is 13.5 Å². The molecule has 0 aliphatic carbocycles. The zero-order valence-electron chi connectivity index (χ0n) is 15.6. The van der Waals surface area contributed by atoms with E-state index < -0.39 is 15.6 Å². The minimum atomic E-state index is -3.27. The molecule has 0 aromatic heterocycles. The molecule has 0 aliphatic rings. The summed E-state index contributed by atoms with van der Waals surface area (Å²) in [6.07, 6.45) is 4.03. The second-order valence-corrected chi connectivity index (χ2v) is 8.25. The lowest BCUT2D eigenvalue weighted by Gasteiger charge is -2.24. The molecule has 1 atom stereocenters. The molecule has 24 heavy (non-hydrogen) atoms. The molecule has 0 aliphatic heterocycles. The van der Waals surface area contributed by atoms with Crippen LogP contribution in [0.3, 0.4) is 0 Å². The Morgan fingerprint density at radius 2 is 1.83 bits per heavy atom. The van der Waals surface area contributed by atoms with Gasteiger partial charge in [0, 0.05) is 25.2 Å². The van der Waals surface area contributed by atoms with Crippen LogP contribution in [0, 0.1) is 5.92 Å². The number of sulfonamides is 1. The van der Waals surface area contributed by atoms with Gasteiger partial charge in [-0.1, -0.05) is 13.3 Å². The predicted octanol–water partition coefficient (Wildman–Crippen LogP) is 1.29. The summed E-state index contributed by atoms with van der Waals surface area (Å²) in [6.45, 7) is 9.68. The van der Waals surface area contributed by atoms with Crippen molar-refractivity contribution in [1.82, 2.24) is 15.4 Å². The fraction of sp³-hybridized carbons (Fsp3) is 0.933. The van der Waals surface area contributed by atoms with Crippen molar-refractivity contribution >= 4 is 40.0 Å². The van der Waals surface area contributed by atoms with Crippen LogP contribution in [0.25, 0.3) is 0 Å². The molecule has 1 unspecified atom stereocenters. The average molecular weight is 478 g/mol. The Kier molecular flexibility index (Phi) is 14.3. The molecule has 0 aromatic rings. The van der Waals surface area contributed by atoms with Crippen LogP contribution in [-0.2, 0) is 10.0 Å². The van der Waals surface area contributed by atoms with Crippen LogP contribution in [0.5, 0.6) is 0 Å². The van der Waals surface area contributed by atoms with Gasteiger partial charge in [-0.15, -0.1) is 24.0 Å². The number of hydrogen-bond acceptors (Lipinski definition) is 4. The lowest BCUT2D eigenvalue weighted by molar-refractivity contribution is 0.251. The Bertz CT molecular complexity index is 450. The van der Waals surface area contributed by atoms with E-state index >= 15 is 0 Å². The molecule has 0 amide bonds. The Hall–Kier alpha value is -0.130. The molecule has 0 fully saturated rings. The van der Waals surface area contributed by atoms with Crippen LogP contribution in [0.15, 0.2) is 4.99 Å². The number of halogens is 1. The van der Waals surface area contributed by atoms with Crippen molar-refractivity contribution in [2.75, 3.05) is 32.5 Å². The van der Waals surface area contributed by atoms with E-state index in [1.165, 1.54) is 0 Å². The van der Waals surface area contributed by atoms with Gasteiger partial charge in [-0.25, -0.2) is 13.1 Å². The highest BCUT2D eigenvalue weighted by Gasteiger charge is 2.22. The third kappa shape index (κ3) is 14.2. The first-order chi connectivity index (χ1) is 10.6. The lowest BCUT2D eigenvalue weighted by Crippen LogP contribution is -2.47. The summed E-state index contributed by atoms with van der Waals surface area (Å²) in [5, 5.41) is 15.5. The molecular weight excluding hydrogens is 443 g/mol. The van der Waals surface area contributed by atoms with Crippen molar-refractivity contribution in [3.05, 3.63) is 0 Å². The molecule has 7 nitrogen and oxygen atoms in total. The molecule has 0 saturated carbocycles. The minimum absolute atomic E-state index is 0. The molecule has 146 valence electrons. The summed E-state index contributed by atoms with van der Waals surface area (Å²) in [6, 6.07) is 0. The van der Waals surface area contributed by atoms with Crippen molar-refractivity contribution in [2.45, 2.75) is 52.5 Å². The Morgan fingerprint density at radius 3 is 2.29 bits per heavy atom. The van der Waals surface area contributed by atoms with Crippen LogP contribution in [-0.4, -0.2) is 57.5 Å². The van der Waals surface area contributed by atoms with Crippen molar-refractivity contribution in [2.24, 2.45) is 10.9 Å². The van der Waals surface area contributed by atoms with Gasteiger partial charge in [-0.2, -0.15) is 0 Å². The number of guanidine groups is 1. The molecule has 0 aromatic carbocycles. The first-order valence-corrected chi connectivity index (χ1v) is 10.1. The molecule has 0 radical (unpaired) electrons. The van der Waals surface area contributed by atoms with E-state index in [1.807, 2.05) is 6.92 Å². The van der Waals surface area contributed by atoms with Crippen LogP contribution in [0.4, 0.5) is 0 Å². The second kappa shape index (κ2) is 13.1. The molecule has 0 heterocycles.